The quantitative estimate of drug-likeness (QED) is 0.340. The first kappa shape index (κ1) is 29.5. The number of esters is 1. The molecule has 11 nitrogen and oxygen atoms in total. The lowest BCUT2D eigenvalue weighted by atomic mass is 9.76. The Bertz CT molecular complexity index is 1520. The summed E-state index contributed by atoms with van der Waals surface area (Å²) in [6, 6.07) is 9.51. The number of rotatable bonds is 8. The molecule has 2 aliphatic heterocycles. The summed E-state index contributed by atoms with van der Waals surface area (Å²) in [5.74, 6) is -2.42. The summed E-state index contributed by atoms with van der Waals surface area (Å²) in [5, 5.41) is 0.618. The second-order valence-corrected chi connectivity index (χ2v) is 12.8. The van der Waals surface area contributed by atoms with Crippen molar-refractivity contribution < 1.29 is 32.4 Å². The minimum absolute atomic E-state index is 0.0327. The molecule has 2 aromatic rings. The van der Waals surface area contributed by atoms with E-state index in [1.165, 1.54) is 6.07 Å². The maximum atomic E-state index is 14.2. The van der Waals surface area contributed by atoms with Crippen LogP contribution in [0.3, 0.4) is 0 Å². The van der Waals surface area contributed by atoms with Crippen LogP contribution in [0.1, 0.15) is 59.1 Å². The van der Waals surface area contributed by atoms with Crippen LogP contribution in [0, 0.1) is 0 Å². The van der Waals surface area contributed by atoms with Crippen molar-refractivity contribution in [3.05, 3.63) is 69.2 Å². The van der Waals surface area contributed by atoms with E-state index in [9.17, 15) is 22.8 Å². The number of sulfonamides is 1. The van der Waals surface area contributed by atoms with E-state index >= 15 is 0 Å². The van der Waals surface area contributed by atoms with Crippen molar-refractivity contribution in [1.29, 1.82) is 0 Å². The van der Waals surface area contributed by atoms with Crippen molar-refractivity contribution in [2.45, 2.75) is 49.7 Å². The van der Waals surface area contributed by atoms with Crippen molar-refractivity contribution in [3.8, 4) is 0 Å². The molecule has 0 unspecified atom stereocenters. The summed E-state index contributed by atoms with van der Waals surface area (Å²) in [6.07, 6.45) is 3.66. The van der Waals surface area contributed by atoms with E-state index in [1.54, 1.807) is 41.3 Å². The number of fused-ring (bicyclic) bond motifs is 1. The number of nitrogens with one attached hydrogen (secondary N) is 2. The van der Waals surface area contributed by atoms with Gasteiger partial charge in [-0.2, -0.15) is 0 Å². The number of hydroxylamine groups is 1. The molecule has 218 valence electrons. The van der Waals surface area contributed by atoms with E-state index in [1.807, 2.05) is 0 Å². The minimum Gasteiger partial charge on any atom is -0.408 e. The molecular weight excluding hydrogens is 595 g/mol. The first-order valence-electron chi connectivity index (χ1n) is 13.0. The van der Waals surface area contributed by atoms with Gasteiger partial charge in [-0.05, 0) is 42.2 Å². The molecule has 0 saturated heterocycles. The second kappa shape index (κ2) is 12.1. The van der Waals surface area contributed by atoms with Gasteiger partial charge in [-0.3, -0.25) is 14.4 Å². The number of nitrogens with zero attached hydrogens (tertiary/aromatic N) is 2. The van der Waals surface area contributed by atoms with Crippen LogP contribution in [0.5, 0.6) is 0 Å². The fourth-order valence-electron chi connectivity index (χ4n) is 5.78. The van der Waals surface area contributed by atoms with Gasteiger partial charge in [0.25, 0.3) is 11.8 Å². The third kappa shape index (κ3) is 6.41. The number of halogens is 2. The number of ether oxygens (including phenoxy) is 1. The summed E-state index contributed by atoms with van der Waals surface area (Å²) in [5.41, 5.74) is 3.66. The van der Waals surface area contributed by atoms with Gasteiger partial charge in [0.05, 0.1) is 18.2 Å². The maximum Gasteiger partial charge on any atom is 0.334 e. The van der Waals surface area contributed by atoms with E-state index < -0.39 is 45.9 Å². The fraction of sp³-hybridized carbons (Fsp3) is 0.407. The van der Waals surface area contributed by atoms with Crippen LogP contribution >= 0.6 is 23.2 Å². The van der Waals surface area contributed by atoms with Crippen LogP contribution in [-0.4, -0.2) is 68.5 Å². The molecule has 1 fully saturated rings. The number of carbonyl (C=O) groups excluding carboxylic acids is 3. The van der Waals surface area contributed by atoms with Crippen LogP contribution in [0.4, 0.5) is 0 Å². The van der Waals surface area contributed by atoms with Gasteiger partial charge in [-0.25, -0.2) is 28.4 Å². The van der Waals surface area contributed by atoms with Gasteiger partial charge >= 0.3 is 5.97 Å². The van der Waals surface area contributed by atoms with Crippen molar-refractivity contribution in [2.24, 2.45) is 4.99 Å². The van der Waals surface area contributed by atoms with Crippen LogP contribution in [0.25, 0.3) is 0 Å². The third-order valence-corrected chi connectivity index (χ3v) is 8.67. The molecule has 2 N–H and O–H groups in total. The summed E-state index contributed by atoms with van der Waals surface area (Å²) >= 11 is 12.9. The van der Waals surface area contributed by atoms with Crippen molar-refractivity contribution >= 4 is 56.9 Å². The smallest absolute Gasteiger partial charge is 0.334 e. The summed E-state index contributed by atoms with van der Waals surface area (Å²) in [4.78, 5) is 50.3. The highest BCUT2D eigenvalue weighted by molar-refractivity contribution is 7.88. The zero-order chi connectivity index (χ0) is 29.3. The van der Waals surface area contributed by atoms with E-state index in [-0.39, 0.29) is 30.0 Å². The molecule has 4 atom stereocenters. The molecular formula is C27H28Cl2N4O7S. The standard InChI is InChI=1S/C27H28Cl2N4O7S/c1-41(37,38)32-20-8-4-5-9-21(20)33-25(18-11-10-15(28)12-19(18)29)24(16-6-2-3-7-17(16)27(33)36)26(35)31-39-14-22-30-13-23(34)40-22/h2-3,6-7,10-12,20-21,24-25,32H,4-5,8-9,13-14H2,1H3,(H,31,35)/t20-,21-,24+,25-/m0/s1. The molecule has 2 aromatic carbocycles. The number of hydrogen-bond acceptors (Lipinski definition) is 8. The van der Waals surface area contributed by atoms with E-state index in [0.29, 0.717) is 34.6 Å². The molecule has 14 heteroatoms. The summed E-state index contributed by atoms with van der Waals surface area (Å²) in [7, 11) is -3.60. The van der Waals surface area contributed by atoms with Crippen LogP contribution in [0.15, 0.2) is 47.5 Å². The van der Waals surface area contributed by atoms with Crippen LogP contribution < -0.4 is 10.2 Å². The Labute approximate surface area is 247 Å². The number of benzene rings is 2. The fourth-order valence-corrected chi connectivity index (χ4v) is 7.13. The Kier molecular flexibility index (Phi) is 8.67. The molecule has 0 aromatic heterocycles. The van der Waals surface area contributed by atoms with Gasteiger partial charge in [0.1, 0.15) is 6.54 Å². The van der Waals surface area contributed by atoms with Gasteiger partial charge < -0.3 is 9.64 Å². The topological polar surface area (TPSA) is 143 Å². The number of hydrogen-bond donors (Lipinski definition) is 2. The molecule has 2 heterocycles. The molecule has 2 amide bonds. The monoisotopic (exact) mass is 622 g/mol. The average Bonchev–Trinajstić information content (AvgIpc) is 3.33. The minimum atomic E-state index is -3.60. The Morgan fingerprint density at radius 2 is 1.88 bits per heavy atom. The van der Waals surface area contributed by atoms with Crippen molar-refractivity contribution in [1.82, 2.24) is 15.1 Å². The van der Waals surface area contributed by atoms with Crippen LogP contribution in [0.2, 0.25) is 10.0 Å². The molecule has 3 aliphatic rings. The zero-order valence-corrected chi connectivity index (χ0v) is 24.3. The molecule has 41 heavy (non-hydrogen) atoms. The van der Waals surface area contributed by atoms with E-state index in [0.717, 1.165) is 19.1 Å². The number of amides is 2. The highest BCUT2D eigenvalue weighted by Gasteiger charge is 2.49. The van der Waals surface area contributed by atoms with Gasteiger partial charge in [0.15, 0.2) is 6.61 Å². The number of aliphatic imine (C=N–C) groups is 1. The number of cyclic esters (lactones) is 1. The number of carbonyl (C=O) groups is 3. The predicted molar refractivity (Wildman–Crippen MR) is 151 cm³/mol. The van der Waals surface area contributed by atoms with Gasteiger partial charge in [-0.1, -0.05) is 60.3 Å². The lowest BCUT2D eigenvalue weighted by Gasteiger charge is -2.49. The summed E-state index contributed by atoms with van der Waals surface area (Å²) in [6.45, 7) is -0.398. The SMILES string of the molecule is CS(=O)(=O)N[C@H]1CCCC[C@@H]1N1C(=O)c2ccccc2[C@@H](C(=O)NOCC2=NCC(=O)O2)[C@@H]1c1ccc(Cl)cc1Cl. The van der Waals surface area contributed by atoms with Gasteiger partial charge in [0, 0.05) is 27.7 Å². The van der Waals surface area contributed by atoms with E-state index in [4.69, 9.17) is 32.8 Å². The Morgan fingerprint density at radius 3 is 2.59 bits per heavy atom. The molecule has 5 rings (SSSR count). The largest absolute Gasteiger partial charge is 0.408 e. The molecule has 0 spiro atoms. The average molecular weight is 624 g/mol. The lowest BCUT2D eigenvalue weighted by Crippen LogP contribution is -2.59. The predicted octanol–water partition coefficient (Wildman–Crippen LogP) is 3.14. The summed E-state index contributed by atoms with van der Waals surface area (Å²) < 4.78 is 32.2. The molecule has 0 radical (unpaired) electrons. The first-order valence-corrected chi connectivity index (χ1v) is 15.7. The molecule has 1 saturated carbocycles. The Balaban J connectivity index is 1.59. The van der Waals surface area contributed by atoms with E-state index in [2.05, 4.69) is 15.2 Å². The van der Waals surface area contributed by atoms with Crippen molar-refractivity contribution in [3.63, 3.8) is 0 Å². The van der Waals surface area contributed by atoms with Crippen molar-refractivity contribution in [2.75, 3.05) is 19.4 Å². The lowest BCUT2D eigenvalue weighted by molar-refractivity contribution is -0.136. The zero-order valence-electron chi connectivity index (χ0n) is 22.0. The highest BCUT2D eigenvalue weighted by Crippen LogP contribution is 2.47. The molecule has 1 aliphatic carbocycles. The Morgan fingerprint density at radius 1 is 1.12 bits per heavy atom. The molecule has 0 bridgehead atoms. The van der Waals surface area contributed by atoms with Crippen LogP contribution in [-0.2, 0) is 29.2 Å². The van der Waals surface area contributed by atoms with Gasteiger partial charge in [0.2, 0.25) is 15.9 Å². The van der Waals surface area contributed by atoms with Gasteiger partial charge in [-0.15, -0.1) is 0 Å². The Hall–Kier alpha value is -3.03. The first-order chi connectivity index (χ1) is 19.5. The highest BCUT2D eigenvalue weighted by atomic mass is 35.5. The maximum absolute atomic E-state index is 14.2. The third-order valence-electron chi connectivity index (χ3n) is 7.38. The normalized spacial score (nSPS) is 24.5. The second-order valence-electron chi connectivity index (χ2n) is 10.2.